The number of benzene rings is 1. The van der Waals surface area contributed by atoms with Crippen LogP contribution in [-0.2, 0) is 4.79 Å². The SMILES string of the molecule is NC[C@H]1CCC[C@H]1C(=O)Nc1ccccc1. The first kappa shape index (κ1) is 11.1. The molecule has 1 aliphatic rings. The van der Waals surface area contributed by atoms with Gasteiger partial charge in [-0.25, -0.2) is 0 Å². The zero-order chi connectivity index (χ0) is 11.4. The number of hydrogen-bond donors (Lipinski definition) is 2. The van der Waals surface area contributed by atoms with Crippen molar-refractivity contribution in [3.05, 3.63) is 30.3 Å². The lowest BCUT2D eigenvalue weighted by Crippen LogP contribution is -2.29. The molecule has 3 heteroatoms. The summed E-state index contributed by atoms with van der Waals surface area (Å²) >= 11 is 0. The van der Waals surface area contributed by atoms with E-state index >= 15 is 0 Å². The van der Waals surface area contributed by atoms with E-state index in [9.17, 15) is 4.79 Å². The minimum Gasteiger partial charge on any atom is -0.330 e. The van der Waals surface area contributed by atoms with Gasteiger partial charge in [0.15, 0.2) is 0 Å². The number of carbonyl (C=O) groups is 1. The smallest absolute Gasteiger partial charge is 0.227 e. The van der Waals surface area contributed by atoms with E-state index in [2.05, 4.69) is 5.32 Å². The van der Waals surface area contributed by atoms with Gasteiger partial charge in [0.25, 0.3) is 0 Å². The molecular formula is C13H18N2O. The maximum atomic E-state index is 12.0. The van der Waals surface area contributed by atoms with Crippen molar-refractivity contribution in [3.8, 4) is 0 Å². The summed E-state index contributed by atoms with van der Waals surface area (Å²) in [4.78, 5) is 12.0. The van der Waals surface area contributed by atoms with Gasteiger partial charge in [-0.05, 0) is 37.4 Å². The summed E-state index contributed by atoms with van der Waals surface area (Å²) in [5.41, 5.74) is 6.55. The van der Waals surface area contributed by atoms with Crippen molar-refractivity contribution in [3.63, 3.8) is 0 Å². The van der Waals surface area contributed by atoms with Gasteiger partial charge in [0, 0.05) is 11.6 Å². The van der Waals surface area contributed by atoms with Crippen LogP contribution in [0.2, 0.25) is 0 Å². The topological polar surface area (TPSA) is 55.1 Å². The van der Waals surface area contributed by atoms with Crippen LogP contribution in [0.5, 0.6) is 0 Å². The Labute approximate surface area is 96.0 Å². The summed E-state index contributed by atoms with van der Waals surface area (Å²) in [6, 6.07) is 9.60. The number of nitrogens with two attached hydrogens (primary N) is 1. The van der Waals surface area contributed by atoms with Gasteiger partial charge in [-0.15, -0.1) is 0 Å². The summed E-state index contributed by atoms with van der Waals surface area (Å²) in [6.07, 6.45) is 3.18. The van der Waals surface area contributed by atoms with Crippen molar-refractivity contribution in [2.45, 2.75) is 19.3 Å². The molecule has 0 heterocycles. The quantitative estimate of drug-likeness (QED) is 0.815. The Balaban J connectivity index is 1.98. The third-order valence-corrected chi connectivity index (χ3v) is 3.34. The molecule has 0 saturated heterocycles. The predicted molar refractivity (Wildman–Crippen MR) is 65.0 cm³/mol. The van der Waals surface area contributed by atoms with Crippen LogP contribution < -0.4 is 11.1 Å². The molecule has 0 radical (unpaired) electrons. The second-order valence-corrected chi connectivity index (χ2v) is 4.39. The molecule has 1 aromatic carbocycles. The summed E-state index contributed by atoms with van der Waals surface area (Å²) < 4.78 is 0. The van der Waals surface area contributed by atoms with E-state index in [-0.39, 0.29) is 11.8 Å². The summed E-state index contributed by atoms with van der Waals surface area (Å²) in [6.45, 7) is 0.618. The van der Waals surface area contributed by atoms with Crippen molar-refractivity contribution >= 4 is 11.6 Å². The minimum atomic E-state index is 0.102. The Kier molecular flexibility index (Phi) is 3.57. The highest BCUT2D eigenvalue weighted by Crippen LogP contribution is 2.31. The Morgan fingerprint density at radius 1 is 1.31 bits per heavy atom. The number of carbonyl (C=O) groups excluding carboxylic acids is 1. The summed E-state index contributed by atoms with van der Waals surface area (Å²) in [7, 11) is 0. The average molecular weight is 218 g/mol. The molecule has 0 aromatic heterocycles. The van der Waals surface area contributed by atoms with E-state index in [0.29, 0.717) is 12.5 Å². The molecule has 2 atom stereocenters. The molecular weight excluding hydrogens is 200 g/mol. The fraction of sp³-hybridized carbons (Fsp3) is 0.462. The van der Waals surface area contributed by atoms with Gasteiger partial charge in [-0.2, -0.15) is 0 Å². The predicted octanol–water partition coefficient (Wildman–Crippen LogP) is 2.00. The highest BCUT2D eigenvalue weighted by Gasteiger charge is 2.31. The Bertz CT molecular complexity index is 350. The van der Waals surface area contributed by atoms with E-state index in [1.54, 1.807) is 0 Å². The number of hydrogen-bond acceptors (Lipinski definition) is 2. The zero-order valence-corrected chi connectivity index (χ0v) is 9.36. The fourth-order valence-electron chi connectivity index (χ4n) is 2.42. The van der Waals surface area contributed by atoms with E-state index in [1.165, 1.54) is 0 Å². The molecule has 1 amide bonds. The standard InChI is InChI=1S/C13H18N2O/c14-9-10-5-4-8-12(10)13(16)15-11-6-2-1-3-7-11/h1-3,6-7,10,12H,4-5,8-9,14H2,(H,15,16)/t10-,12-/m1/s1. The maximum Gasteiger partial charge on any atom is 0.227 e. The van der Waals surface area contributed by atoms with Gasteiger partial charge in [0.1, 0.15) is 0 Å². The van der Waals surface area contributed by atoms with Gasteiger partial charge in [0.05, 0.1) is 0 Å². The van der Waals surface area contributed by atoms with Crippen LogP contribution >= 0.6 is 0 Å². The number of amides is 1. The molecule has 0 unspecified atom stereocenters. The fourth-order valence-corrected chi connectivity index (χ4v) is 2.42. The largest absolute Gasteiger partial charge is 0.330 e. The molecule has 0 spiro atoms. The third kappa shape index (κ3) is 2.42. The molecule has 1 aromatic rings. The number of para-hydroxylation sites is 1. The van der Waals surface area contributed by atoms with Crippen molar-refractivity contribution in [1.29, 1.82) is 0 Å². The Morgan fingerprint density at radius 2 is 2.06 bits per heavy atom. The summed E-state index contributed by atoms with van der Waals surface area (Å²) in [5.74, 6) is 0.591. The molecule has 1 saturated carbocycles. The summed E-state index contributed by atoms with van der Waals surface area (Å²) in [5, 5.41) is 2.95. The van der Waals surface area contributed by atoms with E-state index in [4.69, 9.17) is 5.73 Å². The molecule has 3 N–H and O–H groups in total. The minimum absolute atomic E-state index is 0.102. The van der Waals surface area contributed by atoms with Crippen LogP contribution in [0, 0.1) is 11.8 Å². The number of anilines is 1. The lowest BCUT2D eigenvalue weighted by Gasteiger charge is -2.17. The van der Waals surface area contributed by atoms with Gasteiger partial charge in [0.2, 0.25) is 5.91 Å². The van der Waals surface area contributed by atoms with Crippen LogP contribution in [0.25, 0.3) is 0 Å². The van der Waals surface area contributed by atoms with Crippen molar-refractivity contribution in [2.24, 2.45) is 17.6 Å². The van der Waals surface area contributed by atoms with E-state index in [0.717, 1.165) is 24.9 Å². The molecule has 0 bridgehead atoms. The van der Waals surface area contributed by atoms with Crippen LogP contribution in [0.3, 0.4) is 0 Å². The van der Waals surface area contributed by atoms with Crippen molar-refractivity contribution < 1.29 is 4.79 Å². The van der Waals surface area contributed by atoms with E-state index in [1.807, 2.05) is 30.3 Å². The van der Waals surface area contributed by atoms with Crippen molar-refractivity contribution in [2.75, 3.05) is 11.9 Å². The Morgan fingerprint density at radius 3 is 2.75 bits per heavy atom. The lowest BCUT2D eigenvalue weighted by molar-refractivity contribution is -0.120. The number of rotatable bonds is 3. The molecule has 1 fully saturated rings. The van der Waals surface area contributed by atoms with Crippen LogP contribution in [0.4, 0.5) is 5.69 Å². The molecule has 3 nitrogen and oxygen atoms in total. The monoisotopic (exact) mass is 218 g/mol. The van der Waals surface area contributed by atoms with Gasteiger partial charge >= 0.3 is 0 Å². The first-order chi connectivity index (χ1) is 7.81. The van der Waals surface area contributed by atoms with Crippen LogP contribution in [0.1, 0.15) is 19.3 Å². The average Bonchev–Trinajstić information content (AvgIpc) is 2.78. The zero-order valence-electron chi connectivity index (χ0n) is 9.36. The van der Waals surface area contributed by atoms with Crippen LogP contribution in [0.15, 0.2) is 30.3 Å². The lowest BCUT2D eigenvalue weighted by atomic mass is 9.95. The van der Waals surface area contributed by atoms with Crippen molar-refractivity contribution in [1.82, 2.24) is 0 Å². The van der Waals surface area contributed by atoms with Gasteiger partial charge in [-0.3, -0.25) is 4.79 Å². The molecule has 0 aliphatic heterocycles. The highest BCUT2D eigenvalue weighted by atomic mass is 16.1. The van der Waals surface area contributed by atoms with Crippen LogP contribution in [-0.4, -0.2) is 12.5 Å². The normalized spacial score (nSPS) is 24.3. The molecule has 1 aliphatic carbocycles. The molecule has 2 rings (SSSR count). The second-order valence-electron chi connectivity index (χ2n) is 4.39. The molecule has 86 valence electrons. The number of nitrogens with one attached hydrogen (secondary N) is 1. The van der Waals surface area contributed by atoms with E-state index < -0.39 is 0 Å². The maximum absolute atomic E-state index is 12.0. The Hall–Kier alpha value is -1.35. The third-order valence-electron chi connectivity index (χ3n) is 3.34. The molecule has 16 heavy (non-hydrogen) atoms. The second kappa shape index (κ2) is 5.12. The highest BCUT2D eigenvalue weighted by molar-refractivity contribution is 5.92. The first-order valence-corrected chi connectivity index (χ1v) is 5.87. The van der Waals surface area contributed by atoms with Gasteiger partial charge < -0.3 is 11.1 Å². The van der Waals surface area contributed by atoms with Gasteiger partial charge in [-0.1, -0.05) is 24.6 Å². The first-order valence-electron chi connectivity index (χ1n) is 5.87.